The second kappa shape index (κ2) is 5.24. The molecule has 3 nitrogen and oxygen atoms in total. The van der Waals surface area contributed by atoms with E-state index in [2.05, 4.69) is 20.8 Å². The number of ether oxygens (including phenoxy) is 2. The summed E-state index contributed by atoms with van der Waals surface area (Å²) in [4.78, 5) is 11.6. The molecular weight excluding hydrogens is 312 g/mol. The molecule has 0 amide bonds. The summed E-state index contributed by atoms with van der Waals surface area (Å²) in [7, 11) is 0. The number of esters is 1. The van der Waals surface area contributed by atoms with Crippen molar-refractivity contribution in [2.45, 2.75) is 91.0 Å². The van der Waals surface area contributed by atoms with Crippen molar-refractivity contribution in [2.75, 3.05) is 0 Å². The van der Waals surface area contributed by atoms with Crippen LogP contribution in [0.1, 0.15) is 72.6 Å². The molecule has 1 aliphatic heterocycles. The monoisotopic (exact) mass is 346 g/mol. The van der Waals surface area contributed by atoms with Crippen molar-refractivity contribution in [3.63, 3.8) is 0 Å². The van der Waals surface area contributed by atoms with Crippen molar-refractivity contribution in [1.29, 1.82) is 0 Å². The Balaban J connectivity index is 1.44. The van der Waals surface area contributed by atoms with E-state index in [1.54, 1.807) is 6.92 Å². The average Bonchev–Trinajstić information content (AvgIpc) is 3.26. The molecule has 0 aromatic rings. The summed E-state index contributed by atoms with van der Waals surface area (Å²) in [6, 6.07) is 0. The summed E-state index contributed by atoms with van der Waals surface area (Å²) < 4.78 is 11.8. The molecule has 5 rings (SSSR count). The molecule has 4 saturated carbocycles. The van der Waals surface area contributed by atoms with E-state index >= 15 is 0 Å². The third-order valence-corrected chi connectivity index (χ3v) is 9.80. The maximum atomic E-state index is 11.6. The summed E-state index contributed by atoms with van der Waals surface area (Å²) in [6.45, 7) is 9.08. The van der Waals surface area contributed by atoms with Gasteiger partial charge in [-0.3, -0.25) is 4.79 Å². The minimum atomic E-state index is -0.0949. The highest BCUT2D eigenvalue weighted by molar-refractivity contribution is 5.66. The van der Waals surface area contributed by atoms with Crippen LogP contribution in [0.5, 0.6) is 0 Å². The Labute approximate surface area is 152 Å². The number of rotatable bonds is 1. The molecule has 3 heteroatoms. The van der Waals surface area contributed by atoms with Crippen LogP contribution in [-0.4, -0.2) is 24.3 Å². The fraction of sp³-hybridized carbons (Fsp3) is 0.955. The van der Waals surface area contributed by atoms with Gasteiger partial charge < -0.3 is 9.47 Å². The lowest BCUT2D eigenvalue weighted by molar-refractivity contribution is -0.164. The number of carbonyl (C=O) groups excluding carboxylic acids is 1. The molecular formula is C22H34O3. The summed E-state index contributed by atoms with van der Waals surface area (Å²) >= 11 is 0. The molecule has 1 heterocycles. The van der Waals surface area contributed by atoms with Gasteiger partial charge >= 0.3 is 5.97 Å². The Morgan fingerprint density at radius 2 is 1.88 bits per heavy atom. The molecule has 4 aliphatic carbocycles. The Morgan fingerprint density at radius 3 is 2.64 bits per heavy atom. The van der Waals surface area contributed by atoms with E-state index in [0.29, 0.717) is 23.5 Å². The van der Waals surface area contributed by atoms with Crippen molar-refractivity contribution in [2.24, 2.45) is 40.4 Å². The molecule has 5 fully saturated rings. The van der Waals surface area contributed by atoms with Gasteiger partial charge in [0.1, 0.15) is 6.10 Å². The number of hydrogen-bond donors (Lipinski definition) is 0. The van der Waals surface area contributed by atoms with E-state index in [1.807, 2.05) is 0 Å². The van der Waals surface area contributed by atoms with Gasteiger partial charge in [0.2, 0.25) is 0 Å². The minimum Gasteiger partial charge on any atom is -0.462 e. The van der Waals surface area contributed by atoms with Crippen LogP contribution in [0.3, 0.4) is 0 Å². The normalized spacial score (nSPS) is 59.2. The van der Waals surface area contributed by atoms with Crippen molar-refractivity contribution in [3.8, 4) is 0 Å². The topological polar surface area (TPSA) is 38.8 Å². The summed E-state index contributed by atoms with van der Waals surface area (Å²) in [5.74, 6) is 3.90. The third-order valence-electron chi connectivity index (χ3n) is 9.80. The van der Waals surface area contributed by atoms with Crippen LogP contribution in [0.4, 0.5) is 0 Å². The van der Waals surface area contributed by atoms with E-state index in [1.165, 1.54) is 38.5 Å². The molecule has 1 saturated heterocycles. The molecule has 140 valence electrons. The highest BCUT2D eigenvalue weighted by atomic mass is 16.6. The lowest BCUT2D eigenvalue weighted by Crippen LogP contribution is -2.57. The van der Waals surface area contributed by atoms with Crippen LogP contribution in [0, 0.1) is 40.4 Å². The van der Waals surface area contributed by atoms with Gasteiger partial charge in [0.05, 0.1) is 12.2 Å². The van der Waals surface area contributed by atoms with Crippen molar-refractivity contribution < 1.29 is 14.3 Å². The third kappa shape index (κ3) is 2.11. The fourth-order valence-electron chi connectivity index (χ4n) is 8.32. The molecule has 10 atom stereocenters. The maximum absolute atomic E-state index is 11.6. The molecule has 25 heavy (non-hydrogen) atoms. The fourth-order valence-corrected chi connectivity index (χ4v) is 8.32. The van der Waals surface area contributed by atoms with Crippen LogP contribution in [0.2, 0.25) is 0 Å². The van der Waals surface area contributed by atoms with Crippen LogP contribution in [0.25, 0.3) is 0 Å². The van der Waals surface area contributed by atoms with Gasteiger partial charge in [-0.2, -0.15) is 0 Å². The van der Waals surface area contributed by atoms with Gasteiger partial charge in [0.25, 0.3) is 0 Å². The standard InChI is InChI=1S/C22H34O3/c1-12-20-18(25-20)11-14-5-6-15-16-7-8-19(24-13(2)23)21(16,3)10-9-17(15)22(12,14)4/h12,14-20H,5-11H2,1-4H3/t12-,14-,15-,16-,17-,18-,19-,20+,21-,22-/m0/s1. The largest absolute Gasteiger partial charge is 0.462 e. The van der Waals surface area contributed by atoms with E-state index in [9.17, 15) is 4.79 Å². The van der Waals surface area contributed by atoms with E-state index in [4.69, 9.17) is 9.47 Å². The number of epoxide rings is 1. The first-order valence-corrected chi connectivity index (χ1v) is 10.7. The summed E-state index contributed by atoms with van der Waals surface area (Å²) in [6.07, 6.45) is 10.3. The first kappa shape index (κ1) is 16.6. The van der Waals surface area contributed by atoms with Gasteiger partial charge in [-0.05, 0) is 80.0 Å². The van der Waals surface area contributed by atoms with Crippen LogP contribution in [-0.2, 0) is 14.3 Å². The van der Waals surface area contributed by atoms with E-state index in [-0.39, 0.29) is 17.5 Å². The predicted octanol–water partition coefficient (Wildman–Crippen LogP) is 4.58. The molecule has 0 radical (unpaired) electrons. The van der Waals surface area contributed by atoms with E-state index in [0.717, 1.165) is 30.1 Å². The molecule has 0 unspecified atom stereocenters. The first-order chi connectivity index (χ1) is 11.9. The predicted molar refractivity (Wildman–Crippen MR) is 95.9 cm³/mol. The smallest absolute Gasteiger partial charge is 0.302 e. The number of hydrogen-bond acceptors (Lipinski definition) is 3. The SMILES string of the molecule is CC(=O)O[C@H]1CC[C@H]2[C@@H]3CC[C@H]4C[C@@H]5O[C@@H]5[C@H](C)[C@]4(C)[C@H]3CC[C@]12C. The maximum Gasteiger partial charge on any atom is 0.302 e. The summed E-state index contributed by atoms with van der Waals surface area (Å²) in [5, 5.41) is 0. The van der Waals surface area contributed by atoms with Gasteiger partial charge in [-0.25, -0.2) is 0 Å². The highest BCUT2D eigenvalue weighted by Crippen LogP contribution is 2.69. The van der Waals surface area contributed by atoms with Crippen LogP contribution >= 0.6 is 0 Å². The first-order valence-electron chi connectivity index (χ1n) is 10.7. The molecule has 5 aliphatic rings. The molecule has 0 bridgehead atoms. The van der Waals surface area contributed by atoms with Gasteiger partial charge in [0, 0.05) is 12.3 Å². The van der Waals surface area contributed by atoms with Crippen molar-refractivity contribution in [3.05, 3.63) is 0 Å². The van der Waals surface area contributed by atoms with Crippen molar-refractivity contribution in [1.82, 2.24) is 0 Å². The Kier molecular flexibility index (Phi) is 3.48. The zero-order valence-electron chi connectivity index (χ0n) is 16.3. The number of carbonyl (C=O) groups is 1. The van der Waals surface area contributed by atoms with Crippen LogP contribution in [0.15, 0.2) is 0 Å². The van der Waals surface area contributed by atoms with Gasteiger partial charge in [0.15, 0.2) is 0 Å². The average molecular weight is 347 g/mol. The molecule has 0 N–H and O–H groups in total. The van der Waals surface area contributed by atoms with Crippen LogP contribution < -0.4 is 0 Å². The quantitative estimate of drug-likeness (QED) is 0.515. The number of fused-ring (bicyclic) bond motifs is 6. The molecule has 0 aromatic heterocycles. The molecule has 0 aromatic carbocycles. The highest BCUT2D eigenvalue weighted by Gasteiger charge is 2.66. The Bertz CT molecular complexity index is 588. The molecule has 0 spiro atoms. The summed E-state index contributed by atoms with van der Waals surface area (Å²) in [5.41, 5.74) is 0.675. The van der Waals surface area contributed by atoms with E-state index < -0.39 is 0 Å². The Morgan fingerprint density at radius 1 is 1.08 bits per heavy atom. The lowest BCUT2D eigenvalue weighted by Gasteiger charge is -2.61. The minimum absolute atomic E-state index is 0.0949. The second-order valence-corrected chi connectivity index (χ2v) is 10.4. The van der Waals surface area contributed by atoms with Gasteiger partial charge in [-0.15, -0.1) is 0 Å². The zero-order chi connectivity index (χ0) is 17.6. The lowest BCUT2D eigenvalue weighted by atomic mass is 9.43. The van der Waals surface area contributed by atoms with Crippen molar-refractivity contribution >= 4 is 5.97 Å². The Hall–Kier alpha value is -0.570. The van der Waals surface area contributed by atoms with Gasteiger partial charge in [-0.1, -0.05) is 20.8 Å². The zero-order valence-corrected chi connectivity index (χ0v) is 16.3. The second-order valence-electron chi connectivity index (χ2n) is 10.4.